The van der Waals surface area contributed by atoms with E-state index in [0.717, 1.165) is 23.5 Å². The maximum Gasteiger partial charge on any atom is 0.275 e. The number of amides is 1. The summed E-state index contributed by atoms with van der Waals surface area (Å²) in [4.78, 5) is 21.1. The third kappa shape index (κ3) is 4.78. The Balaban J connectivity index is 1.62. The minimum atomic E-state index is -0.227. The summed E-state index contributed by atoms with van der Waals surface area (Å²) in [6, 6.07) is 8.28. The van der Waals surface area contributed by atoms with Crippen molar-refractivity contribution in [1.29, 1.82) is 0 Å². The highest BCUT2D eigenvalue weighted by Crippen LogP contribution is 2.20. The molecule has 25 heavy (non-hydrogen) atoms. The zero-order valence-corrected chi connectivity index (χ0v) is 14.8. The van der Waals surface area contributed by atoms with Crippen LogP contribution in [0, 0.1) is 0 Å². The molecule has 1 saturated carbocycles. The van der Waals surface area contributed by atoms with Gasteiger partial charge in [0, 0.05) is 11.7 Å². The summed E-state index contributed by atoms with van der Waals surface area (Å²) in [6.45, 7) is 2.07. The molecule has 1 fully saturated rings. The van der Waals surface area contributed by atoms with Crippen molar-refractivity contribution in [2.24, 2.45) is 0 Å². The van der Waals surface area contributed by atoms with Gasteiger partial charge in [-0.2, -0.15) is 0 Å². The molecule has 0 radical (unpaired) electrons. The molecule has 132 valence electrons. The van der Waals surface area contributed by atoms with Crippen LogP contribution in [-0.4, -0.2) is 21.9 Å². The molecule has 1 aliphatic carbocycles. The lowest BCUT2D eigenvalue weighted by Crippen LogP contribution is -2.20. The minimum Gasteiger partial charge on any atom is -0.366 e. The molecule has 2 N–H and O–H groups in total. The molecule has 1 aliphatic rings. The fourth-order valence-electron chi connectivity index (χ4n) is 3.29. The summed E-state index contributed by atoms with van der Waals surface area (Å²) in [5, 5.41) is 6.37. The van der Waals surface area contributed by atoms with Crippen LogP contribution in [0.3, 0.4) is 0 Å². The highest BCUT2D eigenvalue weighted by atomic mass is 16.1. The summed E-state index contributed by atoms with van der Waals surface area (Å²) >= 11 is 0. The Bertz CT molecular complexity index is 691. The van der Waals surface area contributed by atoms with E-state index < -0.39 is 0 Å². The van der Waals surface area contributed by atoms with Crippen molar-refractivity contribution in [2.75, 3.05) is 10.6 Å². The van der Waals surface area contributed by atoms with Gasteiger partial charge in [0.15, 0.2) is 0 Å². The summed E-state index contributed by atoms with van der Waals surface area (Å²) < 4.78 is 0. The van der Waals surface area contributed by atoms with E-state index in [2.05, 4.69) is 27.5 Å². The number of aromatic nitrogens is 2. The number of benzene rings is 1. The molecular weight excluding hydrogens is 312 g/mol. The van der Waals surface area contributed by atoms with E-state index in [1.54, 1.807) is 12.4 Å². The van der Waals surface area contributed by atoms with Gasteiger partial charge in [0.25, 0.3) is 5.91 Å². The molecule has 5 nitrogen and oxygen atoms in total. The molecule has 0 unspecified atom stereocenters. The van der Waals surface area contributed by atoms with E-state index in [4.69, 9.17) is 0 Å². The van der Waals surface area contributed by atoms with E-state index in [1.807, 2.05) is 24.3 Å². The van der Waals surface area contributed by atoms with Crippen molar-refractivity contribution in [3.05, 3.63) is 47.9 Å². The van der Waals surface area contributed by atoms with Crippen LogP contribution in [0.5, 0.6) is 0 Å². The maximum absolute atomic E-state index is 12.4. The molecule has 1 amide bonds. The second-order valence-electron chi connectivity index (χ2n) is 6.58. The SMILES string of the molecule is CCc1ccccc1NC(=O)c1cnc(NC2CCCCCC2)cn1. The van der Waals surface area contributed by atoms with Gasteiger partial charge >= 0.3 is 0 Å². The van der Waals surface area contributed by atoms with Crippen molar-refractivity contribution in [3.63, 3.8) is 0 Å². The van der Waals surface area contributed by atoms with Crippen LogP contribution in [0.4, 0.5) is 11.5 Å². The Morgan fingerprint density at radius 3 is 2.52 bits per heavy atom. The minimum absolute atomic E-state index is 0.227. The molecule has 0 aliphatic heterocycles. The molecule has 1 heterocycles. The lowest BCUT2D eigenvalue weighted by atomic mass is 10.1. The molecule has 1 aromatic heterocycles. The quantitative estimate of drug-likeness (QED) is 0.792. The van der Waals surface area contributed by atoms with E-state index in [9.17, 15) is 4.79 Å². The molecule has 3 rings (SSSR count). The average Bonchev–Trinajstić information content (AvgIpc) is 2.91. The van der Waals surface area contributed by atoms with Crippen molar-refractivity contribution < 1.29 is 4.79 Å². The van der Waals surface area contributed by atoms with E-state index >= 15 is 0 Å². The highest BCUT2D eigenvalue weighted by Gasteiger charge is 2.14. The van der Waals surface area contributed by atoms with Crippen molar-refractivity contribution in [2.45, 2.75) is 57.9 Å². The number of rotatable bonds is 5. The van der Waals surface area contributed by atoms with Crippen molar-refractivity contribution in [3.8, 4) is 0 Å². The standard InChI is InChI=1S/C20H26N4O/c1-2-15-9-7-8-12-17(15)24-20(25)18-13-22-19(14-21-18)23-16-10-5-3-4-6-11-16/h7-9,12-14,16H,2-6,10-11H2,1H3,(H,22,23)(H,24,25). The Morgan fingerprint density at radius 2 is 1.84 bits per heavy atom. The number of nitrogens with zero attached hydrogens (tertiary/aromatic N) is 2. The van der Waals surface area contributed by atoms with Gasteiger partial charge in [-0.05, 0) is 30.9 Å². The monoisotopic (exact) mass is 338 g/mol. The zero-order chi connectivity index (χ0) is 17.5. The van der Waals surface area contributed by atoms with Crippen LogP contribution in [0.1, 0.15) is 61.5 Å². The topological polar surface area (TPSA) is 66.9 Å². The Kier molecular flexibility index (Phi) is 5.99. The van der Waals surface area contributed by atoms with Gasteiger partial charge in [0.05, 0.1) is 12.4 Å². The zero-order valence-electron chi connectivity index (χ0n) is 14.8. The van der Waals surface area contributed by atoms with Crippen LogP contribution in [0.2, 0.25) is 0 Å². The summed E-state index contributed by atoms with van der Waals surface area (Å²) in [6.07, 6.45) is 11.6. The predicted molar refractivity (Wildman–Crippen MR) is 101 cm³/mol. The number of carbonyl (C=O) groups excluding carboxylic acids is 1. The van der Waals surface area contributed by atoms with Crippen LogP contribution >= 0.6 is 0 Å². The Labute approximate surface area is 149 Å². The van der Waals surface area contributed by atoms with E-state index in [1.165, 1.54) is 38.5 Å². The van der Waals surface area contributed by atoms with Gasteiger partial charge < -0.3 is 10.6 Å². The van der Waals surface area contributed by atoms with E-state index in [0.29, 0.717) is 11.7 Å². The van der Waals surface area contributed by atoms with Gasteiger partial charge in [0.1, 0.15) is 11.5 Å². The third-order valence-electron chi connectivity index (χ3n) is 4.74. The maximum atomic E-state index is 12.4. The number of anilines is 2. The normalized spacial score (nSPS) is 15.4. The fourth-order valence-corrected chi connectivity index (χ4v) is 3.29. The van der Waals surface area contributed by atoms with Crippen LogP contribution in [-0.2, 0) is 6.42 Å². The van der Waals surface area contributed by atoms with Gasteiger partial charge in [-0.3, -0.25) is 4.79 Å². The van der Waals surface area contributed by atoms with Crippen molar-refractivity contribution >= 4 is 17.4 Å². The first kappa shape index (κ1) is 17.4. The molecule has 0 bridgehead atoms. The number of para-hydroxylation sites is 1. The second kappa shape index (κ2) is 8.60. The van der Waals surface area contributed by atoms with Crippen molar-refractivity contribution in [1.82, 2.24) is 9.97 Å². The van der Waals surface area contributed by atoms with Crippen LogP contribution in [0.15, 0.2) is 36.7 Å². The van der Waals surface area contributed by atoms with Gasteiger partial charge in [0.2, 0.25) is 0 Å². The molecule has 1 aromatic carbocycles. The first-order valence-electron chi connectivity index (χ1n) is 9.24. The van der Waals surface area contributed by atoms with Gasteiger partial charge in [-0.1, -0.05) is 50.8 Å². The summed E-state index contributed by atoms with van der Waals surface area (Å²) in [5.41, 5.74) is 2.27. The number of carbonyl (C=O) groups is 1. The predicted octanol–water partition coefficient (Wildman–Crippen LogP) is 4.43. The second-order valence-corrected chi connectivity index (χ2v) is 6.58. The lowest BCUT2D eigenvalue weighted by Gasteiger charge is -2.16. The largest absolute Gasteiger partial charge is 0.366 e. The average molecular weight is 338 g/mol. The lowest BCUT2D eigenvalue weighted by molar-refractivity contribution is 0.102. The number of aryl methyl sites for hydroxylation is 1. The Morgan fingerprint density at radius 1 is 1.08 bits per heavy atom. The third-order valence-corrected chi connectivity index (χ3v) is 4.74. The number of hydrogen-bond donors (Lipinski definition) is 2. The van der Waals surface area contributed by atoms with Gasteiger partial charge in [-0.15, -0.1) is 0 Å². The molecule has 0 spiro atoms. The van der Waals surface area contributed by atoms with Gasteiger partial charge in [-0.25, -0.2) is 9.97 Å². The fraction of sp³-hybridized carbons (Fsp3) is 0.450. The number of nitrogens with one attached hydrogen (secondary N) is 2. The first-order valence-corrected chi connectivity index (χ1v) is 9.24. The first-order chi connectivity index (χ1) is 12.3. The molecule has 2 aromatic rings. The molecule has 5 heteroatoms. The molecule has 0 atom stereocenters. The van der Waals surface area contributed by atoms with E-state index in [-0.39, 0.29) is 5.91 Å². The van der Waals surface area contributed by atoms with Crippen LogP contribution < -0.4 is 10.6 Å². The summed E-state index contributed by atoms with van der Waals surface area (Å²) in [7, 11) is 0. The van der Waals surface area contributed by atoms with Crippen LogP contribution in [0.25, 0.3) is 0 Å². The molecule has 0 saturated heterocycles. The summed E-state index contributed by atoms with van der Waals surface area (Å²) in [5.74, 6) is 0.520. The smallest absolute Gasteiger partial charge is 0.275 e. The highest BCUT2D eigenvalue weighted by molar-refractivity contribution is 6.03. The Hall–Kier alpha value is -2.43. The molecular formula is C20H26N4O. The number of hydrogen-bond acceptors (Lipinski definition) is 4.